The molecule has 2 atom stereocenters. The number of anilines is 4. The number of halogens is 1. The second-order valence-corrected chi connectivity index (χ2v) is 10.4. The molecule has 1 aliphatic heterocycles. The summed E-state index contributed by atoms with van der Waals surface area (Å²) in [5.74, 6) is 0.698. The van der Waals surface area contributed by atoms with Crippen molar-refractivity contribution in [3.63, 3.8) is 0 Å². The number of aromatic nitrogens is 2. The zero-order chi connectivity index (χ0) is 29.6. The molecule has 0 radical (unpaired) electrons. The molecule has 0 aliphatic carbocycles. The molecular weight excluding hydrogens is 556 g/mol. The molecule has 3 heterocycles. The summed E-state index contributed by atoms with van der Waals surface area (Å²) in [7, 11) is 1.92. The van der Waals surface area contributed by atoms with Crippen molar-refractivity contribution < 1.29 is 19.4 Å². The van der Waals surface area contributed by atoms with Crippen LogP contribution in [0.5, 0.6) is 11.5 Å². The molecule has 1 aliphatic rings. The van der Waals surface area contributed by atoms with Gasteiger partial charge in [0.15, 0.2) is 0 Å². The van der Waals surface area contributed by atoms with Crippen molar-refractivity contribution in [3.05, 3.63) is 83.8 Å². The van der Waals surface area contributed by atoms with Crippen molar-refractivity contribution >= 4 is 51.2 Å². The van der Waals surface area contributed by atoms with E-state index in [2.05, 4.69) is 20.6 Å². The third kappa shape index (κ3) is 6.91. The van der Waals surface area contributed by atoms with Gasteiger partial charge in [-0.15, -0.1) is 0 Å². The number of β-amino-alcohol motifs (C(OH)–C–C–N with tert-alkyl or cyclic N) is 1. The third-order valence-electron chi connectivity index (χ3n) is 6.91. The number of pyridine rings is 2. The number of carbonyl (C=O) groups excluding carboxylic acids is 1. The maximum absolute atomic E-state index is 12.9. The minimum absolute atomic E-state index is 0.00728. The summed E-state index contributed by atoms with van der Waals surface area (Å²) < 4.78 is 11.7. The summed E-state index contributed by atoms with van der Waals surface area (Å²) in [6, 6.07) is 14.5. The third-order valence-corrected chi connectivity index (χ3v) is 7.20. The summed E-state index contributed by atoms with van der Waals surface area (Å²) in [6.07, 6.45) is 6.75. The van der Waals surface area contributed by atoms with E-state index in [1.54, 1.807) is 42.7 Å². The lowest BCUT2D eigenvalue weighted by atomic mass is 10.1. The Bertz CT molecular complexity index is 1600. The van der Waals surface area contributed by atoms with Gasteiger partial charge in [-0.1, -0.05) is 23.7 Å². The highest BCUT2D eigenvalue weighted by molar-refractivity contribution is 6.32. The minimum Gasteiger partial charge on any atom is -0.492 e. The number of nitrogens with zero attached hydrogens (tertiary/aromatic N) is 3. The molecule has 42 heavy (non-hydrogen) atoms. The van der Waals surface area contributed by atoms with E-state index in [1.807, 2.05) is 43.1 Å². The predicted octanol–water partition coefficient (Wildman–Crippen LogP) is 5.15. The van der Waals surface area contributed by atoms with E-state index < -0.39 is 6.10 Å². The van der Waals surface area contributed by atoms with Crippen LogP contribution in [0, 0.1) is 0 Å². The molecule has 4 aromatic rings. The summed E-state index contributed by atoms with van der Waals surface area (Å²) in [5, 5.41) is 17.3. The number of nitrogen functional groups attached to an aromatic ring is 1. The first-order valence-electron chi connectivity index (χ1n) is 13.6. The first-order chi connectivity index (χ1) is 20.3. The Morgan fingerprint density at radius 1 is 1.19 bits per heavy atom. The van der Waals surface area contributed by atoms with Gasteiger partial charge in [0, 0.05) is 42.0 Å². The highest BCUT2D eigenvalue weighted by atomic mass is 35.5. The van der Waals surface area contributed by atoms with Crippen molar-refractivity contribution in [2.45, 2.75) is 32.1 Å². The van der Waals surface area contributed by atoms with Crippen LogP contribution in [0.1, 0.15) is 19.0 Å². The predicted molar refractivity (Wildman–Crippen MR) is 165 cm³/mol. The van der Waals surface area contributed by atoms with Crippen LogP contribution in [-0.4, -0.2) is 58.2 Å². The lowest BCUT2D eigenvalue weighted by Gasteiger charge is -2.17. The average molecular weight is 589 g/mol. The van der Waals surface area contributed by atoms with Crippen LogP contribution >= 0.6 is 11.6 Å². The summed E-state index contributed by atoms with van der Waals surface area (Å²) in [6.45, 7) is 3.14. The van der Waals surface area contributed by atoms with Gasteiger partial charge in [0.2, 0.25) is 5.91 Å². The van der Waals surface area contributed by atoms with Crippen LogP contribution < -0.4 is 25.8 Å². The Hall–Kier alpha value is -4.38. The molecule has 2 aromatic carbocycles. The number of nitrogens with two attached hydrogens (primary N) is 1. The number of aliphatic hydroxyl groups is 1. The molecule has 1 amide bonds. The molecule has 10 nitrogen and oxygen atoms in total. The van der Waals surface area contributed by atoms with E-state index >= 15 is 0 Å². The number of rotatable bonds is 10. The number of nitrogens with one attached hydrogen (secondary N) is 2. The molecular formula is C31H33ClN6O4. The number of amides is 1. The molecule has 5 rings (SSSR count). The van der Waals surface area contributed by atoms with Crippen LogP contribution in [0.25, 0.3) is 10.9 Å². The maximum atomic E-state index is 12.9. The topological polar surface area (TPSA) is 135 Å². The molecule has 1 fully saturated rings. The van der Waals surface area contributed by atoms with E-state index in [4.69, 9.17) is 26.8 Å². The number of hydrogen-bond donors (Lipinski definition) is 4. The van der Waals surface area contributed by atoms with Gasteiger partial charge in [-0.3, -0.25) is 19.7 Å². The molecule has 0 unspecified atom stereocenters. The van der Waals surface area contributed by atoms with Gasteiger partial charge >= 0.3 is 0 Å². The van der Waals surface area contributed by atoms with Gasteiger partial charge in [-0.2, -0.15) is 0 Å². The highest BCUT2D eigenvalue weighted by Crippen LogP contribution is 2.38. The number of hydrogen-bond acceptors (Lipinski definition) is 9. The lowest BCUT2D eigenvalue weighted by Crippen LogP contribution is -2.23. The molecule has 11 heteroatoms. The second kappa shape index (κ2) is 13.1. The van der Waals surface area contributed by atoms with Crippen molar-refractivity contribution in [1.82, 2.24) is 14.9 Å². The molecule has 5 N–H and O–H groups in total. The number of fused-ring (bicyclic) bond motifs is 1. The second-order valence-electron chi connectivity index (χ2n) is 10.0. The van der Waals surface area contributed by atoms with E-state index in [0.717, 1.165) is 5.69 Å². The lowest BCUT2D eigenvalue weighted by molar-refractivity contribution is -0.112. The molecule has 2 aromatic heterocycles. The van der Waals surface area contributed by atoms with Crippen molar-refractivity contribution in [2.24, 2.45) is 0 Å². The molecule has 0 saturated carbocycles. The first kappa shape index (κ1) is 29.1. The Labute approximate surface area is 249 Å². The molecule has 1 saturated heterocycles. The first-order valence-corrected chi connectivity index (χ1v) is 14.0. The molecule has 0 spiro atoms. The van der Waals surface area contributed by atoms with Crippen LogP contribution in [0.15, 0.2) is 73.1 Å². The quantitative estimate of drug-likeness (QED) is 0.186. The highest BCUT2D eigenvalue weighted by Gasteiger charge is 2.26. The number of benzene rings is 2. The zero-order valence-electron chi connectivity index (χ0n) is 23.4. The number of likely N-dealkylation sites (N-methyl/N-ethyl adjacent to an activating group) is 1. The normalized spacial score (nSPS) is 17.0. The maximum Gasteiger partial charge on any atom is 0.248 e. The minimum atomic E-state index is -0.396. The Kier molecular flexibility index (Phi) is 9.06. The largest absolute Gasteiger partial charge is 0.492 e. The van der Waals surface area contributed by atoms with Gasteiger partial charge in [-0.05, 0) is 56.8 Å². The number of likely N-dealkylation sites (tertiary alicyclic amines) is 1. The molecule has 218 valence electrons. The fraction of sp³-hybridized carbons (Fsp3) is 0.258. The number of ether oxygens (including phenoxy) is 2. The standard InChI is InChI=1S/C31H33ClN6O4/c1-3-41-29-15-26-23(14-27(29)37-30(40)10-8-21-13-22(39)17-38(21)2)31(25(33)16-35-26)36-19-7-9-28(24(32)12-19)42-18-20-6-4-5-11-34-20/h4-12,14-16,21-22,39H,3,13,17-18,33H2,1-2H3,(H,35,36)(H,37,40)/b10-8+/t21-,22-/m1/s1. The van der Waals surface area contributed by atoms with E-state index in [-0.39, 0.29) is 11.9 Å². The SMILES string of the molecule is CCOc1cc2ncc(N)c(Nc3ccc(OCc4ccccn4)c(Cl)c3)c2cc1NC(=O)/C=C/[C@@H]1C[C@@H](O)CN1C. The van der Waals surface area contributed by atoms with Crippen molar-refractivity contribution in [3.8, 4) is 11.5 Å². The monoisotopic (exact) mass is 588 g/mol. The van der Waals surface area contributed by atoms with E-state index in [0.29, 0.717) is 76.4 Å². The van der Waals surface area contributed by atoms with Crippen LogP contribution in [0.4, 0.5) is 22.7 Å². The van der Waals surface area contributed by atoms with Gasteiger partial charge in [0.25, 0.3) is 0 Å². The van der Waals surface area contributed by atoms with Gasteiger partial charge in [-0.25, -0.2) is 0 Å². The summed E-state index contributed by atoms with van der Waals surface area (Å²) >= 11 is 6.54. The Balaban J connectivity index is 1.38. The van der Waals surface area contributed by atoms with Gasteiger partial charge < -0.3 is 30.9 Å². The Morgan fingerprint density at radius 3 is 2.76 bits per heavy atom. The average Bonchev–Trinajstić information content (AvgIpc) is 3.30. The molecule has 0 bridgehead atoms. The number of carbonyl (C=O) groups is 1. The number of aliphatic hydroxyl groups excluding tert-OH is 1. The fourth-order valence-corrected chi connectivity index (χ4v) is 5.06. The van der Waals surface area contributed by atoms with Crippen molar-refractivity contribution in [1.29, 1.82) is 0 Å². The van der Waals surface area contributed by atoms with E-state index in [1.165, 1.54) is 6.08 Å². The van der Waals surface area contributed by atoms with Crippen LogP contribution in [-0.2, 0) is 11.4 Å². The summed E-state index contributed by atoms with van der Waals surface area (Å²) in [4.78, 5) is 23.6. The van der Waals surface area contributed by atoms with Crippen LogP contribution in [0.3, 0.4) is 0 Å². The van der Waals surface area contributed by atoms with Gasteiger partial charge in [0.1, 0.15) is 18.1 Å². The van der Waals surface area contributed by atoms with Crippen LogP contribution in [0.2, 0.25) is 5.02 Å². The fourth-order valence-electron chi connectivity index (χ4n) is 4.82. The zero-order valence-corrected chi connectivity index (χ0v) is 24.1. The van der Waals surface area contributed by atoms with E-state index in [9.17, 15) is 9.90 Å². The van der Waals surface area contributed by atoms with Gasteiger partial charge in [0.05, 0.1) is 52.2 Å². The smallest absolute Gasteiger partial charge is 0.248 e. The van der Waals surface area contributed by atoms with Crippen molar-refractivity contribution in [2.75, 3.05) is 36.6 Å². The summed E-state index contributed by atoms with van der Waals surface area (Å²) in [5.41, 5.74) is 9.97. The Morgan fingerprint density at radius 2 is 2.05 bits per heavy atom.